The number of nitrogens with one attached hydrogen (secondary N) is 1. The summed E-state index contributed by atoms with van der Waals surface area (Å²) in [6, 6.07) is 5.12. The lowest BCUT2D eigenvalue weighted by molar-refractivity contribution is -0.114. The Morgan fingerprint density at radius 2 is 2.29 bits per heavy atom. The second-order valence-corrected chi connectivity index (χ2v) is 3.57. The molecular formula is C9H8BrN3O. The Balaban J connectivity index is 3.18. The van der Waals surface area contributed by atoms with Gasteiger partial charge in [0.1, 0.15) is 6.07 Å². The summed E-state index contributed by atoms with van der Waals surface area (Å²) in [6.45, 7) is 1.40. The molecule has 0 saturated carbocycles. The predicted octanol–water partition coefficient (Wildman–Crippen LogP) is 1.86. The number of amides is 1. The minimum Gasteiger partial charge on any atom is -0.397 e. The zero-order valence-electron chi connectivity index (χ0n) is 7.47. The molecule has 0 heterocycles. The molecule has 14 heavy (non-hydrogen) atoms. The van der Waals surface area contributed by atoms with E-state index in [0.29, 0.717) is 21.4 Å². The summed E-state index contributed by atoms with van der Waals surface area (Å²) in [5, 5.41) is 11.3. The number of carbonyl (C=O) groups is 1. The summed E-state index contributed by atoms with van der Waals surface area (Å²) in [5.74, 6) is -0.189. The summed E-state index contributed by atoms with van der Waals surface area (Å²) in [4.78, 5) is 10.8. The Kier molecular flexibility index (Phi) is 3.10. The van der Waals surface area contributed by atoms with Crippen molar-refractivity contribution in [3.63, 3.8) is 0 Å². The van der Waals surface area contributed by atoms with Gasteiger partial charge in [-0.05, 0) is 28.1 Å². The molecule has 0 fully saturated rings. The maximum absolute atomic E-state index is 10.8. The van der Waals surface area contributed by atoms with E-state index >= 15 is 0 Å². The zero-order chi connectivity index (χ0) is 10.7. The maximum atomic E-state index is 10.8. The van der Waals surface area contributed by atoms with Crippen LogP contribution in [-0.2, 0) is 4.79 Å². The number of nitrogens with two attached hydrogens (primary N) is 1. The second kappa shape index (κ2) is 4.11. The van der Waals surface area contributed by atoms with E-state index in [9.17, 15) is 4.79 Å². The van der Waals surface area contributed by atoms with Crippen LogP contribution in [0.5, 0.6) is 0 Å². The van der Waals surface area contributed by atoms with Gasteiger partial charge in [-0.25, -0.2) is 0 Å². The Bertz CT molecular complexity index is 423. The minimum atomic E-state index is -0.189. The van der Waals surface area contributed by atoms with E-state index in [1.54, 1.807) is 6.07 Å². The monoisotopic (exact) mass is 253 g/mol. The molecule has 1 aromatic carbocycles. The highest BCUT2D eigenvalue weighted by molar-refractivity contribution is 9.10. The second-order valence-electron chi connectivity index (χ2n) is 2.71. The number of hydrogen-bond donors (Lipinski definition) is 2. The van der Waals surface area contributed by atoms with Crippen LogP contribution in [0, 0.1) is 11.3 Å². The van der Waals surface area contributed by atoms with Gasteiger partial charge in [-0.2, -0.15) is 5.26 Å². The number of carbonyl (C=O) groups excluding carboxylic acids is 1. The van der Waals surface area contributed by atoms with Crippen LogP contribution < -0.4 is 11.1 Å². The van der Waals surface area contributed by atoms with E-state index in [1.165, 1.54) is 13.0 Å². The quantitative estimate of drug-likeness (QED) is 0.750. The Morgan fingerprint density at radius 1 is 1.64 bits per heavy atom. The first-order chi connectivity index (χ1) is 6.54. The number of halogens is 1. The molecule has 0 aliphatic carbocycles. The van der Waals surface area contributed by atoms with Gasteiger partial charge in [0.2, 0.25) is 5.91 Å². The third-order valence-electron chi connectivity index (χ3n) is 1.57. The van der Waals surface area contributed by atoms with E-state index in [0.717, 1.165) is 0 Å². The highest BCUT2D eigenvalue weighted by Gasteiger charge is 2.06. The Labute approximate surface area is 89.8 Å². The number of anilines is 2. The van der Waals surface area contributed by atoms with Gasteiger partial charge in [0.25, 0.3) is 0 Å². The van der Waals surface area contributed by atoms with Crippen molar-refractivity contribution in [2.45, 2.75) is 6.92 Å². The minimum absolute atomic E-state index is 0.189. The largest absolute Gasteiger partial charge is 0.397 e. The van der Waals surface area contributed by atoms with Crippen molar-refractivity contribution in [1.82, 2.24) is 0 Å². The summed E-state index contributed by atoms with van der Waals surface area (Å²) in [7, 11) is 0. The Hall–Kier alpha value is -1.54. The molecule has 0 aliphatic rings. The lowest BCUT2D eigenvalue weighted by atomic mass is 10.2. The lowest BCUT2D eigenvalue weighted by Crippen LogP contribution is -2.06. The molecule has 0 aromatic heterocycles. The normalized spacial score (nSPS) is 9.21. The smallest absolute Gasteiger partial charge is 0.221 e. The summed E-state index contributed by atoms with van der Waals surface area (Å²) >= 11 is 3.20. The van der Waals surface area contributed by atoms with Gasteiger partial charge >= 0.3 is 0 Å². The van der Waals surface area contributed by atoms with Crippen LogP contribution in [-0.4, -0.2) is 5.91 Å². The average molecular weight is 254 g/mol. The van der Waals surface area contributed by atoms with Crippen LogP contribution in [0.25, 0.3) is 0 Å². The van der Waals surface area contributed by atoms with E-state index in [-0.39, 0.29) is 5.91 Å². The topological polar surface area (TPSA) is 78.9 Å². The molecule has 0 bridgehead atoms. The van der Waals surface area contributed by atoms with Gasteiger partial charge in [-0.3, -0.25) is 4.79 Å². The SMILES string of the molecule is CC(=O)Nc1cc(Br)c(N)c(C#N)c1. The van der Waals surface area contributed by atoms with E-state index in [4.69, 9.17) is 11.0 Å². The number of hydrogen-bond acceptors (Lipinski definition) is 3. The Morgan fingerprint density at radius 3 is 2.79 bits per heavy atom. The fraction of sp³-hybridized carbons (Fsp3) is 0.111. The fourth-order valence-electron chi connectivity index (χ4n) is 0.986. The number of rotatable bonds is 1. The molecule has 0 atom stereocenters. The number of nitrogen functional groups attached to an aromatic ring is 1. The first-order valence-electron chi connectivity index (χ1n) is 3.81. The first-order valence-corrected chi connectivity index (χ1v) is 4.60. The van der Waals surface area contributed by atoms with E-state index in [2.05, 4.69) is 21.2 Å². The van der Waals surface area contributed by atoms with Crippen molar-refractivity contribution in [3.8, 4) is 6.07 Å². The molecule has 5 heteroatoms. The first kappa shape index (κ1) is 10.5. The molecule has 72 valence electrons. The number of benzene rings is 1. The van der Waals surface area contributed by atoms with Crippen LogP contribution in [0.15, 0.2) is 16.6 Å². The van der Waals surface area contributed by atoms with Crippen LogP contribution in [0.1, 0.15) is 12.5 Å². The molecule has 0 radical (unpaired) electrons. The molecule has 4 nitrogen and oxygen atoms in total. The van der Waals surface area contributed by atoms with Gasteiger partial charge < -0.3 is 11.1 Å². The summed E-state index contributed by atoms with van der Waals surface area (Å²) in [6.07, 6.45) is 0. The zero-order valence-corrected chi connectivity index (χ0v) is 9.05. The standard InChI is InChI=1S/C9H8BrN3O/c1-5(14)13-7-2-6(4-11)9(12)8(10)3-7/h2-3H,12H2,1H3,(H,13,14). The van der Waals surface area contributed by atoms with Crippen LogP contribution in [0.3, 0.4) is 0 Å². The van der Waals surface area contributed by atoms with Crippen molar-refractivity contribution in [3.05, 3.63) is 22.2 Å². The third kappa shape index (κ3) is 2.24. The van der Waals surface area contributed by atoms with Crippen molar-refractivity contribution in [2.75, 3.05) is 11.1 Å². The summed E-state index contributed by atoms with van der Waals surface area (Å²) < 4.78 is 0.598. The fourth-order valence-corrected chi connectivity index (χ4v) is 1.45. The van der Waals surface area contributed by atoms with Gasteiger partial charge in [-0.1, -0.05) is 0 Å². The van der Waals surface area contributed by atoms with Crippen molar-refractivity contribution >= 4 is 33.2 Å². The molecule has 1 amide bonds. The molecule has 0 spiro atoms. The molecule has 3 N–H and O–H groups in total. The molecule has 1 rings (SSSR count). The van der Waals surface area contributed by atoms with E-state index < -0.39 is 0 Å². The molecule has 1 aromatic rings. The van der Waals surface area contributed by atoms with E-state index in [1.807, 2.05) is 6.07 Å². The van der Waals surface area contributed by atoms with Crippen LogP contribution in [0.4, 0.5) is 11.4 Å². The molecule has 0 aliphatic heterocycles. The van der Waals surface area contributed by atoms with Crippen molar-refractivity contribution < 1.29 is 4.79 Å². The van der Waals surface area contributed by atoms with Gasteiger partial charge in [0, 0.05) is 17.1 Å². The highest BCUT2D eigenvalue weighted by atomic mass is 79.9. The highest BCUT2D eigenvalue weighted by Crippen LogP contribution is 2.27. The third-order valence-corrected chi connectivity index (χ3v) is 2.23. The molecule has 0 saturated heterocycles. The van der Waals surface area contributed by atoms with Crippen LogP contribution >= 0.6 is 15.9 Å². The predicted molar refractivity (Wildman–Crippen MR) is 57.6 cm³/mol. The number of nitrogens with zero attached hydrogens (tertiary/aromatic N) is 1. The molecule has 0 unspecified atom stereocenters. The van der Waals surface area contributed by atoms with Crippen molar-refractivity contribution in [2.24, 2.45) is 0 Å². The van der Waals surface area contributed by atoms with Gasteiger partial charge in [0.15, 0.2) is 0 Å². The lowest BCUT2D eigenvalue weighted by Gasteiger charge is -2.06. The number of nitriles is 1. The van der Waals surface area contributed by atoms with Gasteiger partial charge in [0.05, 0.1) is 11.3 Å². The average Bonchev–Trinajstić information content (AvgIpc) is 2.10. The van der Waals surface area contributed by atoms with Gasteiger partial charge in [-0.15, -0.1) is 0 Å². The summed E-state index contributed by atoms with van der Waals surface area (Å²) in [5.41, 5.74) is 6.87. The maximum Gasteiger partial charge on any atom is 0.221 e. The van der Waals surface area contributed by atoms with Crippen molar-refractivity contribution in [1.29, 1.82) is 5.26 Å². The molecular weight excluding hydrogens is 246 g/mol. The van der Waals surface area contributed by atoms with Crippen LogP contribution in [0.2, 0.25) is 0 Å².